The van der Waals surface area contributed by atoms with Crippen LogP contribution in [0.4, 0.5) is 0 Å². The van der Waals surface area contributed by atoms with Gasteiger partial charge in [-0.15, -0.1) is 11.3 Å². The molecule has 0 bridgehead atoms. The summed E-state index contributed by atoms with van der Waals surface area (Å²) >= 11 is 1.52. The summed E-state index contributed by atoms with van der Waals surface area (Å²) in [4.78, 5) is 19.9. The number of carbonyl (C=O) groups is 1. The van der Waals surface area contributed by atoms with Crippen LogP contribution >= 0.6 is 11.3 Å². The number of amides is 1. The molecule has 8 heteroatoms. The highest BCUT2D eigenvalue weighted by atomic mass is 32.1. The highest BCUT2D eigenvalue weighted by molar-refractivity contribution is 7.15. The van der Waals surface area contributed by atoms with E-state index in [-0.39, 0.29) is 5.91 Å². The molecular formula is C20H26N4O3S. The molecule has 150 valence electrons. The summed E-state index contributed by atoms with van der Waals surface area (Å²) in [5.74, 6) is 1.49. The predicted octanol–water partition coefficient (Wildman–Crippen LogP) is 2.69. The number of fused-ring (bicyclic) bond motifs is 1. The van der Waals surface area contributed by atoms with E-state index < -0.39 is 0 Å². The van der Waals surface area contributed by atoms with E-state index >= 15 is 0 Å². The smallest absolute Gasteiger partial charge is 0.225 e. The first-order chi connectivity index (χ1) is 13.5. The highest BCUT2D eigenvalue weighted by Gasteiger charge is 2.15. The summed E-state index contributed by atoms with van der Waals surface area (Å²) in [5.41, 5.74) is 2.57. The van der Waals surface area contributed by atoms with E-state index in [1.807, 2.05) is 48.3 Å². The van der Waals surface area contributed by atoms with E-state index in [1.165, 1.54) is 11.3 Å². The minimum atomic E-state index is 0.0210. The summed E-state index contributed by atoms with van der Waals surface area (Å²) < 4.78 is 12.8. The maximum Gasteiger partial charge on any atom is 0.225 e. The van der Waals surface area contributed by atoms with Crippen molar-refractivity contribution in [1.29, 1.82) is 0 Å². The van der Waals surface area contributed by atoms with Crippen LogP contribution in [0.2, 0.25) is 0 Å². The van der Waals surface area contributed by atoms with E-state index in [9.17, 15) is 4.79 Å². The molecule has 0 fully saturated rings. The second kappa shape index (κ2) is 9.07. The number of hydrogen-bond donors (Lipinski definition) is 1. The number of nitrogens with zero attached hydrogens (tertiary/aromatic N) is 3. The second-order valence-electron chi connectivity index (χ2n) is 6.76. The Morgan fingerprint density at radius 2 is 2.11 bits per heavy atom. The SMILES string of the molecule is COc1ccc(OC)c(-c2cn3c(CC(=O)NCCCN(C)C)csc3n2)c1. The van der Waals surface area contributed by atoms with Crippen molar-refractivity contribution in [3.05, 3.63) is 35.5 Å². The number of ether oxygens (including phenoxy) is 2. The zero-order chi connectivity index (χ0) is 20.1. The molecule has 0 aliphatic rings. The van der Waals surface area contributed by atoms with Gasteiger partial charge < -0.3 is 19.7 Å². The lowest BCUT2D eigenvalue weighted by Crippen LogP contribution is -2.28. The molecule has 1 N–H and O–H groups in total. The quantitative estimate of drug-likeness (QED) is 0.558. The summed E-state index contributed by atoms with van der Waals surface area (Å²) in [7, 11) is 7.32. The van der Waals surface area contributed by atoms with Gasteiger partial charge in [-0.25, -0.2) is 4.98 Å². The fraction of sp³-hybridized carbons (Fsp3) is 0.400. The average molecular weight is 403 g/mol. The third-order valence-corrected chi connectivity index (χ3v) is 5.30. The number of benzene rings is 1. The molecule has 2 heterocycles. The van der Waals surface area contributed by atoms with Crippen molar-refractivity contribution < 1.29 is 14.3 Å². The van der Waals surface area contributed by atoms with E-state index in [0.717, 1.165) is 46.4 Å². The van der Waals surface area contributed by atoms with Gasteiger partial charge in [0.25, 0.3) is 0 Å². The Bertz CT molecular complexity index is 948. The zero-order valence-electron chi connectivity index (χ0n) is 16.7. The highest BCUT2D eigenvalue weighted by Crippen LogP contribution is 2.34. The molecule has 1 amide bonds. The van der Waals surface area contributed by atoms with Crippen LogP contribution in [0.3, 0.4) is 0 Å². The lowest BCUT2D eigenvalue weighted by Gasteiger charge is -2.09. The number of aromatic nitrogens is 2. The lowest BCUT2D eigenvalue weighted by molar-refractivity contribution is -0.120. The molecule has 3 rings (SSSR count). The van der Waals surface area contributed by atoms with Crippen molar-refractivity contribution in [3.63, 3.8) is 0 Å². The van der Waals surface area contributed by atoms with Crippen LogP contribution in [0.1, 0.15) is 12.1 Å². The van der Waals surface area contributed by atoms with E-state index in [1.54, 1.807) is 14.2 Å². The van der Waals surface area contributed by atoms with Gasteiger partial charge in [-0.05, 0) is 45.3 Å². The maximum absolute atomic E-state index is 12.3. The average Bonchev–Trinajstić information content (AvgIpc) is 3.26. The molecule has 1 aromatic carbocycles. The van der Waals surface area contributed by atoms with Crippen molar-refractivity contribution in [2.75, 3.05) is 41.4 Å². The number of hydrogen-bond acceptors (Lipinski definition) is 6. The van der Waals surface area contributed by atoms with Crippen molar-refractivity contribution in [3.8, 4) is 22.8 Å². The van der Waals surface area contributed by atoms with Gasteiger partial charge in [0.2, 0.25) is 5.91 Å². The van der Waals surface area contributed by atoms with Gasteiger partial charge in [-0.3, -0.25) is 9.20 Å². The normalized spacial score (nSPS) is 11.2. The first-order valence-electron chi connectivity index (χ1n) is 9.11. The fourth-order valence-corrected chi connectivity index (χ4v) is 3.82. The second-order valence-corrected chi connectivity index (χ2v) is 7.59. The number of thiazole rings is 1. The number of methoxy groups -OCH3 is 2. The van der Waals surface area contributed by atoms with Gasteiger partial charge in [-0.2, -0.15) is 0 Å². The Morgan fingerprint density at radius 1 is 1.29 bits per heavy atom. The van der Waals surface area contributed by atoms with E-state index in [0.29, 0.717) is 13.0 Å². The van der Waals surface area contributed by atoms with Crippen molar-refractivity contribution in [1.82, 2.24) is 19.6 Å². The summed E-state index contributed by atoms with van der Waals surface area (Å²) in [6, 6.07) is 5.62. The van der Waals surface area contributed by atoms with Crippen molar-refractivity contribution >= 4 is 22.2 Å². The number of nitrogens with one attached hydrogen (secondary N) is 1. The monoisotopic (exact) mass is 402 g/mol. The zero-order valence-corrected chi connectivity index (χ0v) is 17.5. The maximum atomic E-state index is 12.3. The third kappa shape index (κ3) is 4.63. The third-order valence-electron chi connectivity index (χ3n) is 4.41. The molecule has 0 radical (unpaired) electrons. The lowest BCUT2D eigenvalue weighted by atomic mass is 10.1. The van der Waals surface area contributed by atoms with Crippen LogP contribution in [-0.4, -0.2) is 61.6 Å². The molecule has 7 nitrogen and oxygen atoms in total. The van der Waals surface area contributed by atoms with Gasteiger partial charge in [0.15, 0.2) is 4.96 Å². The standard InChI is InChI=1S/C20H26N4O3S/c1-23(2)9-5-8-21-19(25)10-14-13-28-20-22-17(12-24(14)20)16-11-15(26-3)6-7-18(16)27-4/h6-7,11-13H,5,8-10H2,1-4H3,(H,21,25). The summed E-state index contributed by atoms with van der Waals surface area (Å²) in [6.45, 7) is 1.64. The van der Waals surface area contributed by atoms with Crippen molar-refractivity contribution in [2.45, 2.75) is 12.8 Å². The van der Waals surface area contributed by atoms with Crippen molar-refractivity contribution in [2.24, 2.45) is 0 Å². The van der Waals surface area contributed by atoms with Gasteiger partial charge in [0, 0.05) is 29.4 Å². The van der Waals surface area contributed by atoms with Crippen LogP contribution in [-0.2, 0) is 11.2 Å². The summed E-state index contributed by atoms with van der Waals surface area (Å²) in [5, 5.41) is 4.96. The molecule has 28 heavy (non-hydrogen) atoms. The Hall–Kier alpha value is -2.58. The Balaban J connectivity index is 1.76. The van der Waals surface area contributed by atoms with Gasteiger partial charge in [0.05, 0.1) is 26.3 Å². The number of carbonyl (C=O) groups excluding carboxylic acids is 1. The first-order valence-corrected chi connectivity index (χ1v) is 9.99. The molecule has 3 aromatic rings. The topological polar surface area (TPSA) is 68.1 Å². The molecule has 0 atom stereocenters. The van der Waals surface area contributed by atoms with Crippen LogP contribution < -0.4 is 14.8 Å². The van der Waals surface area contributed by atoms with Gasteiger partial charge in [0.1, 0.15) is 11.5 Å². The Kier molecular flexibility index (Phi) is 6.53. The molecule has 2 aromatic heterocycles. The summed E-state index contributed by atoms with van der Waals surface area (Å²) in [6.07, 6.45) is 3.20. The fourth-order valence-electron chi connectivity index (χ4n) is 2.95. The van der Waals surface area contributed by atoms with E-state index in [2.05, 4.69) is 10.2 Å². The Labute approximate surface area is 168 Å². The van der Waals surface area contributed by atoms with Crippen LogP contribution in [0.5, 0.6) is 11.5 Å². The first kappa shape index (κ1) is 20.2. The van der Waals surface area contributed by atoms with Gasteiger partial charge >= 0.3 is 0 Å². The van der Waals surface area contributed by atoms with Crippen LogP contribution in [0.15, 0.2) is 29.8 Å². The van der Waals surface area contributed by atoms with Crippen LogP contribution in [0, 0.1) is 0 Å². The molecule has 0 unspecified atom stereocenters. The molecular weight excluding hydrogens is 376 g/mol. The van der Waals surface area contributed by atoms with Crippen LogP contribution in [0.25, 0.3) is 16.2 Å². The minimum absolute atomic E-state index is 0.0210. The van der Waals surface area contributed by atoms with E-state index in [4.69, 9.17) is 14.5 Å². The molecule has 0 aliphatic carbocycles. The Morgan fingerprint density at radius 3 is 2.82 bits per heavy atom. The number of imidazole rings is 1. The largest absolute Gasteiger partial charge is 0.497 e. The molecule has 0 aliphatic heterocycles. The molecule has 0 saturated carbocycles. The minimum Gasteiger partial charge on any atom is -0.497 e. The predicted molar refractivity (Wildman–Crippen MR) is 111 cm³/mol. The number of rotatable bonds is 9. The molecule has 0 saturated heterocycles. The van der Waals surface area contributed by atoms with Gasteiger partial charge in [-0.1, -0.05) is 0 Å². The molecule has 0 spiro atoms.